The van der Waals surface area contributed by atoms with Crippen molar-refractivity contribution in [2.45, 2.75) is 24.9 Å². The normalized spacial score (nSPS) is 24.7. The monoisotopic (exact) mass is 270 g/mol. The SMILES string of the molecule is O=C(O)C1(O)CCc2c(Br)cccc2C1. The van der Waals surface area contributed by atoms with Crippen molar-refractivity contribution in [3.8, 4) is 0 Å². The van der Waals surface area contributed by atoms with Crippen LogP contribution < -0.4 is 0 Å². The molecule has 1 atom stereocenters. The van der Waals surface area contributed by atoms with Crippen molar-refractivity contribution in [1.82, 2.24) is 0 Å². The van der Waals surface area contributed by atoms with Gasteiger partial charge in [-0.05, 0) is 30.0 Å². The van der Waals surface area contributed by atoms with Gasteiger partial charge in [-0.25, -0.2) is 4.79 Å². The molecule has 0 saturated carbocycles. The van der Waals surface area contributed by atoms with Crippen molar-refractivity contribution < 1.29 is 15.0 Å². The molecular formula is C11H11BrO3. The van der Waals surface area contributed by atoms with Crippen molar-refractivity contribution >= 4 is 21.9 Å². The lowest BCUT2D eigenvalue weighted by molar-refractivity contribution is -0.159. The summed E-state index contributed by atoms with van der Waals surface area (Å²) in [4.78, 5) is 10.9. The predicted molar refractivity (Wildman–Crippen MR) is 58.8 cm³/mol. The van der Waals surface area contributed by atoms with E-state index < -0.39 is 11.6 Å². The van der Waals surface area contributed by atoms with E-state index in [9.17, 15) is 9.90 Å². The first kappa shape index (κ1) is 10.6. The Morgan fingerprint density at radius 3 is 2.87 bits per heavy atom. The number of carboxylic acid groups (broad SMARTS) is 1. The topological polar surface area (TPSA) is 57.5 Å². The standard InChI is InChI=1S/C11H11BrO3/c12-9-3-1-2-7-6-11(15,10(13)14)5-4-8(7)9/h1-3,15H,4-6H2,(H,13,14). The molecular weight excluding hydrogens is 260 g/mol. The first-order valence-corrected chi connectivity index (χ1v) is 5.54. The second-order valence-corrected chi connectivity index (χ2v) is 4.75. The molecule has 2 rings (SSSR count). The van der Waals surface area contributed by atoms with E-state index in [2.05, 4.69) is 15.9 Å². The number of carbonyl (C=O) groups is 1. The summed E-state index contributed by atoms with van der Waals surface area (Å²) in [5.41, 5.74) is 0.442. The summed E-state index contributed by atoms with van der Waals surface area (Å²) in [6.07, 6.45) is 1.06. The lowest BCUT2D eigenvalue weighted by Gasteiger charge is -2.30. The highest BCUT2D eigenvalue weighted by atomic mass is 79.9. The van der Waals surface area contributed by atoms with Crippen LogP contribution in [-0.2, 0) is 17.6 Å². The van der Waals surface area contributed by atoms with Gasteiger partial charge in [-0.1, -0.05) is 28.1 Å². The first-order chi connectivity index (χ1) is 7.03. The maximum absolute atomic E-state index is 10.9. The van der Waals surface area contributed by atoms with E-state index in [-0.39, 0.29) is 12.8 Å². The minimum absolute atomic E-state index is 0.192. The fourth-order valence-corrected chi connectivity index (χ4v) is 2.57. The Labute approximate surface area is 95.9 Å². The molecule has 0 aliphatic heterocycles. The largest absolute Gasteiger partial charge is 0.479 e. The number of hydrogen-bond acceptors (Lipinski definition) is 2. The molecule has 0 saturated heterocycles. The zero-order valence-electron chi connectivity index (χ0n) is 8.03. The van der Waals surface area contributed by atoms with Crippen LogP contribution in [0.3, 0.4) is 0 Å². The fourth-order valence-electron chi connectivity index (χ4n) is 1.97. The van der Waals surface area contributed by atoms with Crippen LogP contribution in [0, 0.1) is 0 Å². The molecule has 0 spiro atoms. The van der Waals surface area contributed by atoms with Gasteiger partial charge in [0.25, 0.3) is 0 Å². The highest BCUT2D eigenvalue weighted by Gasteiger charge is 2.39. The molecule has 0 amide bonds. The zero-order chi connectivity index (χ0) is 11.1. The number of aliphatic hydroxyl groups is 1. The van der Waals surface area contributed by atoms with Crippen LogP contribution in [0.15, 0.2) is 22.7 Å². The third-order valence-electron chi connectivity index (χ3n) is 2.89. The van der Waals surface area contributed by atoms with E-state index in [1.54, 1.807) is 0 Å². The predicted octanol–water partition coefficient (Wildman–Crippen LogP) is 1.75. The van der Waals surface area contributed by atoms with Crippen molar-refractivity contribution in [2.75, 3.05) is 0 Å². The molecule has 15 heavy (non-hydrogen) atoms. The molecule has 0 aromatic heterocycles. The maximum Gasteiger partial charge on any atom is 0.336 e. The number of halogens is 1. The van der Waals surface area contributed by atoms with Gasteiger partial charge in [0.1, 0.15) is 0 Å². The lowest BCUT2D eigenvalue weighted by atomic mass is 9.80. The number of fused-ring (bicyclic) bond motifs is 1. The van der Waals surface area contributed by atoms with Gasteiger partial charge in [0, 0.05) is 10.9 Å². The Bertz CT molecular complexity index is 416. The molecule has 1 aromatic rings. The summed E-state index contributed by atoms with van der Waals surface area (Å²) < 4.78 is 0.993. The Morgan fingerprint density at radius 2 is 2.20 bits per heavy atom. The molecule has 0 bridgehead atoms. The second-order valence-electron chi connectivity index (χ2n) is 3.89. The van der Waals surface area contributed by atoms with Crippen molar-refractivity contribution in [2.24, 2.45) is 0 Å². The molecule has 1 aromatic carbocycles. The van der Waals surface area contributed by atoms with Crippen molar-refractivity contribution in [1.29, 1.82) is 0 Å². The van der Waals surface area contributed by atoms with Crippen LogP contribution in [-0.4, -0.2) is 21.8 Å². The Kier molecular flexibility index (Phi) is 2.56. The van der Waals surface area contributed by atoms with Gasteiger partial charge < -0.3 is 10.2 Å². The van der Waals surface area contributed by atoms with Crippen LogP contribution in [0.1, 0.15) is 17.5 Å². The van der Waals surface area contributed by atoms with E-state index >= 15 is 0 Å². The Morgan fingerprint density at radius 1 is 1.47 bits per heavy atom. The number of aliphatic carboxylic acids is 1. The third-order valence-corrected chi connectivity index (χ3v) is 3.63. The number of hydrogen-bond donors (Lipinski definition) is 2. The van der Waals surface area contributed by atoms with Crippen LogP contribution in [0.5, 0.6) is 0 Å². The van der Waals surface area contributed by atoms with E-state index in [1.807, 2.05) is 18.2 Å². The van der Waals surface area contributed by atoms with Crippen molar-refractivity contribution in [3.63, 3.8) is 0 Å². The molecule has 2 N–H and O–H groups in total. The third kappa shape index (κ3) is 1.79. The molecule has 80 valence electrons. The van der Waals surface area contributed by atoms with Crippen molar-refractivity contribution in [3.05, 3.63) is 33.8 Å². The van der Waals surface area contributed by atoms with Crippen LogP contribution in [0.2, 0.25) is 0 Å². The van der Waals surface area contributed by atoms with Gasteiger partial charge in [0.05, 0.1) is 0 Å². The molecule has 3 nitrogen and oxygen atoms in total. The molecule has 1 aliphatic rings. The molecule has 0 heterocycles. The smallest absolute Gasteiger partial charge is 0.336 e. The van der Waals surface area contributed by atoms with E-state index in [0.717, 1.165) is 15.6 Å². The fraction of sp³-hybridized carbons (Fsp3) is 0.364. The first-order valence-electron chi connectivity index (χ1n) is 4.75. The maximum atomic E-state index is 10.9. The quantitative estimate of drug-likeness (QED) is 0.818. The summed E-state index contributed by atoms with van der Waals surface area (Å²) in [5.74, 6) is -1.13. The number of carboxylic acids is 1. The summed E-state index contributed by atoms with van der Waals surface area (Å²) in [6.45, 7) is 0. The number of benzene rings is 1. The Balaban J connectivity index is 2.39. The minimum atomic E-state index is -1.59. The summed E-state index contributed by atoms with van der Waals surface area (Å²) in [7, 11) is 0. The van der Waals surface area contributed by atoms with Gasteiger partial charge in [-0.2, -0.15) is 0 Å². The van der Waals surface area contributed by atoms with Gasteiger partial charge in [-0.3, -0.25) is 0 Å². The summed E-state index contributed by atoms with van der Waals surface area (Å²) >= 11 is 3.43. The number of rotatable bonds is 1. The molecule has 0 fully saturated rings. The average Bonchev–Trinajstić information content (AvgIpc) is 2.17. The summed E-state index contributed by atoms with van der Waals surface area (Å²) in [5, 5.41) is 18.8. The van der Waals surface area contributed by atoms with Gasteiger partial charge in [0.15, 0.2) is 5.60 Å². The second kappa shape index (κ2) is 3.61. The highest BCUT2D eigenvalue weighted by Crippen LogP contribution is 2.33. The van der Waals surface area contributed by atoms with E-state index in [4.69, 9.17) is 5.11 Å². The van der Waals surface area contributed by atoms with Gasteiger partial charge >= 0.3 is 5.97 Å². The van der Waals surface area contributed by atoms with E-state index in [1.165, 1.54) is 0 Å². The van der Waals surface area contributed by atoms with Crippen LogP contribution in [0.4, 0.5) is 0 Å². The summed E-state index contributed by atoms with van der Waals surface area (Å²) in [6, 6.07) is 5.66. The average molecular weight is 271 g/mol. The molecule has 0 radical (unpaired) electrons. The zero-order valence-corrected chi connectivity index (χ0v) is 9.62. The molecule has 4 heteroatoms. The Hall–Kier alpha value is -0.870. The molecule has 1 aliphatic carbocycles. The lowest BCUT2D eigenvalue weighted by Crippen LogP contribution is -2.43. The minimum Gasteiger partial charge on any atom is -0.479 e. The molecule has 1 unspecified atom stereocenters. The van der Waals surface area contributed by atoms with Crippen LogP contribution >= 0.6 is 15.9 Å². The van der Waals surface area contributed by atoms with Gasteiger partial charge in [-0.15, -0.1) is 0 Å². The highest BCUT2D eigenvalue weighted by molar-refractivity contribution is 9.10. The van der Waals surface area contributed by atoms with Crippen LogP contribution in [0.25, 0.3) is 0 Å². The van der Waals surface area contributed by atoms with Gasteiger partial charge in [0.2, 0.25) is 0 Å². The van der Waals surface area contributed by atoms with E-state index in [0.29, 0.717) is 6.42 Å².